The van der Waals surface area contributed by atoms with E-state index in [1.165, 1.54) is 71.1 Å². The molecule has 0 amide bonds. The van der Waals surface area contributed by atoms with Gasteiger partial charge in [-0.25, -0.2) is 0 Å². The molecule has 0 aromatic heterocycles. The van der Waals surface area contributed by atoms with Gasteiger partial charge in [0.2, 0.25) is 0 Å². The Morgan fingerprint density at radius 1 is 1.20 bits per heavy atom. The van der Waals surface area contributed by atoms with Crippen molar-refractivity contribution in [2.75, 3.05) is 26.2 Å². The molecule has 15 heavy (non-hydrogen) atoms. The number of hydrogen-bond acceptors (Lipinski definition) is 2. The summed E-state index contributed by atoms with van der Waals surface area (Å²) in [7, 11) is 0. The molecule has 2 aliphatic rings. The molecule has 0 aromatic carbocycles. The van der Waals surface area contributed by atoms with Crippen molar-refractivity contribution >= 4 is 0 Å². The lowest BCUT2D eigenvalue weighted by Gasteiger charge is -2.33. The lowest BCUT2D eigenvalue weighted by Crippen LogP contribution is -2.49. The summed E-state index contributed by atoms with van der Waals surface area (Å²) >= 11 is 0. The first-order chi connectivity index (χ1) is 7.35. The normalized spacial score (nSPS) is 27.0. The minimum absolute atomic E-state index is 0.504. The minimum Gasteiger partial charge on any atom is -0.310 e. The van der Waals surface area contributed by atoms with Gasteiger partial charge in [0.1, 0.15) is 0 Å². The Balaban J connectivity index is 1.89. The van der Waals surface area contributed by atoms with Gasteiger partial charge in [-0.15, -0.1) is 0 Å². The Bertz CT molecular complexity index is 185. The standard InChI is InChI=1S/C13H26N2/c1-2-3-10-15-11-6-9-14-13(12-15)7-4-5-8-13/h14H,2-12H2,1H3. The fraction of sp³-hybridized carbons (Fsp3) is 1.00. The van der Waals surface area contributed by atoms with Crippen LogP contribution in [0.15, 0.2) is 0 Å². The summed E-state index contributed by atoms with van der Waals surface area (Å²) in [5.41, 5.74) is 0.504. The third-order valence-electron chi connectivity index (χ3n) is 4.07. The smallest absolute Gasteiger partial charge is 0.0308 e. The average molecular weight is 210 g/mol. The molecule has 2 heteroatoms. The van der Waals surface area contributed by atoms with E-state index in [4.69, 9.17) is 0 Å². The maximum atomic E-state index is 3.82. The first-order valence-corrected chi connectivity index (χ1v) is 6.82. The maximum absolute atomic E-state index is 3.82. The molecule has 2 rings (SSSR count). The van der Waals surface area contributed by atoms with E-state index >= 15 is 0 Å². The second kappa shape index (κ2) is 5.31. The summed E-state index contributed by atoms with van der Waals surface area (Å²) in [5.74, 6) is 0. The minimum atomic E-state index is 0.504. The van der Waals surface area contributed by atoms with Crippen molar-refractivity contribution in [2.45, 2.75) is 57.4 Å². The molecule has 2 fully saturated rings. The average Bonchev–Trinajstić information content (AvgIpc) is 2.58. The Labute approximate surface area is 94.4 Å². The summed E-state index contributed by atoms with van der Waals surface area (Å²) in [6, 6.07) is 0. The van der Waals surface area contributed by atoms with E-state index < -0.39 is 0 Å². The van der Waals surface area contributed by atoms with Crippen LogP contribution in [0.3, 0.4) is 0 Å². The van der Waals surface area contributed by atoms with Gasteiger partial charge in [-0.3, -0.25) is 0 Å². The molecule has 0 unspecified atom stereocenters. The molecular formula is C13H26N2. The van der Waals surface area contributed by atoms with Crippen LogP contribution in [-0.2, 0) is 0 Å². The lowest BCUT2D eigenvalue weighted by atomic mass is 9.97. The molecule has 0 atom stereocenters. The maximum Gasteiger partial charge on any atom is 0.0308 e. The predicted octanol–water partition coefficient (Wildman–Crippen LogP) is 2.39. The first-order valence-electron chi connectivity index (χ1n) is 6.82. The van der Waals surface area contributed by atoms with E-state index in [1.807, 2.05) is 0 Å². The molecule has 88 valence electrons. The molecule has 2 nitrogen and oxygen atoms in total. The van der Waals surface area contributed by atoms with Gasteiger partial charge in [-0.2, -0.15) is 0 Å². The van der Waals surface area contributed by atoms with E-state index in [-0.39, 0.29) is 0 Å². The third-order valence-corrected chi connectivity index (χ3v) is 4.07. The van der Waals surface area contributed by atoms with Crippen molar-refractivity contribution < 1.29 is 0 Å². The second-order valence-electron chi connectivity index (χ2n) is 5.40. The number of nitrogens with zero attached hydrogens (tertiary/aromatic N) is 1. The molecule has 1 saturated heterocycles. The van der Waals surface area contributed by atoms with Crippen molar-refractivity contribution in [3.63, 3.8) is 0 Å². The fourth-order valence-electron chi connectivity index (χ4n) is 3.18. The summed E-state index contributed by atoms with van der Waals surface area (Å²) in [5, 5.41) is 3.82. The Kier molecular flexibility index (Phi) is 4.04. The van der Waals surface area contributed by atoms with Crippen LogP contribution in [0.5, 0.6) is 0 Å². The van der Waals surface area contributed by atoms with Gasteiger partial charge in [-0.1, -0.05) is 26.2 Å². The third kappa shape index (κ3) is 2.94. The number of rotatable bonds is 3. The van der Waals surface area contributed by atoms with E-state index in [0.717, 1.165) is 0 Å². The molecule has 1 aliphatic carbocycles. The van der Waals surface area contributed by atoms with Crippen molar-refractivity contribution in [1.29, 1.82) is 0 Å². The van der Waals surface area contributed by atoms with E-state index in [2.05, 4.69) is 17.1 Å². The fourth-order valence-corrected chi connectivity index (χ4v) is 3.18. The molecule has 1 saturated carbocycles. The summed E-state index contributed by atoms with van der Waals surface area (Å²) < 4.78 is 0. The van der Waals surface area contributed by atoms with Gasteiger partial charge in [-0.05, 0) is 45.3 Å². The van der Waals surface area contributed by atoms with Gasteiger partial charge >= 0.3 is 0 Å². The monoisotopic (exact) mass is 210 g/mol. The van der Waals surface area contributed by atoms with Gasteiger partial charge in [0.15, 0.2) is 0 Å². The van der Waals surface area contributed by atoms with Crippen molar-refractivity contribution in [2.24, 2.45) is 0 Å². The largest absolute Gasteiger partial charge is 0.310 e. The Morgan fingerprint density at radius 3 is 2.73 bits per heavy atom. The predicted molar refractivity (Wildman–Crippen MR) is 65.2 cm³/mol. The number of nitrogens with one attached hydrogen (secondary N) is 1. The van der Waals surface area contributed by atoms with Crippen molar-refractivity contribution in [3.8, 4) is 0 Å². The van der Waals surface area contributed by atoms with Crippen LogP contribution in [0.4, 0.5) is 0 Å². The molecule has 0 radical (unpaired) electrons. The zero-order valence-electron chi connectivity index (χ0n) is 10.2. The summed E-state index contributed by atoms with van der Waals surface area (Å²) in [6.45, 7) is 7.48. The van der Waals surface area contributed by atoms with Crippen LogP contribution in [0.2, 0.25) is 0 Å². The van der Waals surface area contributed by atoms with E-state index in [9.17, 15) is 0 Å². The topological polar surface area (TPSA) is 15.3 Å². The van der Waals surface area contributed by atoms with E-state index in [1.54, 1.807) is 0 Å². The molecule has 0 aromatic rings. The zero-order chi connectivity index (χ0) is 10.6. The molecule has 0 bridgehead atoms. The Hall–Kier alpha value is -0.0800. The molecule has 1 N–H and O–H groups in total. The highest BCUT2D eigenvalue weighted by molar-refractivity contribution is 4.96. The van der Waals surface area contributed by atoms with Crippen LogP contribution in [-0.4, -0.2) is 36.6 Å². The SMILES string of the molecule is CCCCN1CCCNC2(CCCC2)C1. The summed E-state index contributed by atoms with van der Waals surface area (Å²) in [4.78, 5) is 2.70. The van der Waals surface area contributed by atoms with Crippen LogP contribution in [0.25, 0.3) is 0 Å². The number of hydrogen-bond donors (Lipinski definition) is 1. The van der Waals surface area contributed by atoms with Gasteiger partial charge in [0, 0.05) is 12.1 Å². The van der Waals surface area contributed by atoms with Gasteiger partial charge in [0.05, 0.1) is 0 Å². The first kappa shape index (κ1) is 11.4. The highest BCUT2D eigenvalue weighted by atomic mass is 15.2. The molecular weight excluding hydrogens is 184 g/mol. The van der Waals surface area contributed by atoms with Gasteiger partial charge in [0.25, 0.3) is 0 Å². The second-order valence-corrected chi connectivity index (χ2v) is 5.40. The van der Waals surface area contributed by atoms with E-state index in [0.29, 0.717) is 5.54 Å². The van der Waals surface area contributed by atoms with Crippen molar-refractivity contribution in [1.82, 2.24) is 10.2 Å². The van der Waals surface area contributed by atoms with Crippen LogP contribution in [0.1, 0.15) is 51.9 Å². The molecule has 1 spiro atoms. The van der Waals surface area contributed by atoms with Crippen LogP contribution >= 0.6 is 0 Å². The number of unbranched alkanes of at least 4 members (excludes halogenated alkanes) is 1. The highest BCUT2D eigenvalue weighted by Crippen LogP contribution is 2.31. The quantitative estimate of drug-likeness (QED) is 0.769. The molecule has 1 heterocycles. The Morgan fingerprint density at radius 2 is 2.00 bits per heavy atom. The lowest BCUT2D eigenvalue weighted by molar-refractivity contribution is 0.208. The molecule has 1 aliphatic heterocycles. The van der Waals surface area contributed by atoms with Crippen LogP contribution < -0.4 is 5.32 Å². The highest BCUT2D eigenvalue weighted by Gasteiger charge is 2.35. The zero-order valence-corrected chi connectivity index (χ0v) is 10.2. The van der Waals surface area contributed by atoms with Crippen molar-refractivity contribution in [3.05, 3.63) is 0 Å². The summed E-state index contributed by atoms with van der Waals surface area (Å²) in [6.07, 6.45) is 9.74. The van der Waals surface area contributed by atoms with Gasteiger partial charge < -0.3 is 10.2 Å². The van der Waals surface area contributed by atoms with Crippen LogP contribution in [0, 0.1) is 0 Å².